The molecule has 19 heavy (non-hydrogen) atoms. The van der Waals surface area contributed by atoms with Gasteiger partial charge in [0.05, 0.1) is 0 Å². The van der Waals surface area contributed by atoms with Crippen LogP contribution in [0.2, 0.25) is 0 Å². The first-order chi connectivity index (χ1) is 9.01. The van der Waals surface area contributed by atoms with Crippen LogP contribution in [0.25, 0.3) is 0 Å². The quantitative estimate of drug-likeness (QED) is 0.383. The van der Waals surface area contributed by atoms with Crippen LogP contribution in [0.15, 0.2) is 16.4 Å². The molecule has 0 aliphatic carbocycles. The van der Waals surface area contributed by atoms with Crippen LogP contribution in [0, 0.1) is 27.7 Å². The van der Waals surface area contributed by atoms with E-state index in [0.717, 1.165) is 27.5 Å². The van der Waals surface area contributed by atoms with Gasteiger partial charge in [-0.2, -0.15) is 0 Å². The lowest BCUT2D eigenvalue weighted by atomic mass is 10.2. The Morgan fingerprint density at radius 2 is 1.68 bits per heavy atom. The number of aromatic nitrogens is 4. The van der Waals surface area contributed by atoms with Gasteiger partial charge in [0.15, 0.2) is 5.16 Å². The fraction of sp³-hybridized carbons (Fsp3) is 0.333. The number of hydrazine groups is 1. The minimum atomic E-state index is 0.383. The first kappa shape index (κ1) is 13.7. The standard InChI is InChI=1S/C12H16N6S/c1-6-5-14-11(18-13)17-10(6)19-12-15-8(3)7(2)9(4)16-12/h5H,13H2,1-4H3,(H,14,17,18). The molecule has 0 spiro atoms. The van der Waals surface area contributed by atoms with Gasteiger partial charge in [-0.1, -0.05) is 0 Å². The van der Waals surface area contributed by atoms with E-state index >= 15 is 0 Å². The van der Waals surface area contributed by atoms with Gasteiger partial charge in [-0.05, 0) is 45.0 Å². The minimum absolute atomic E-state index is 0.383. The third-order valence-corrected chi connectivity index (χ3v) is 3.83. The van der Waals surface area contributed by atoms with Crippen LogP contribution in [-0.4, -0.2) is 19.9 Å². The normalized spacial score (nSPS) is 10.6. The first-order valence-corrected chi connectivity index (χ1v) is 6.63. The van der Waals surface area contributed by atoms with Crippen molar-refractivity contribution >= 4 is 17.7 Å². The molecule has 0 saturated heterocycles. The number of hydrogen-bond acceptors (Lipinski definition) is 7. The van der Waals surface area contributed by atoms with Crippen molar-refractivity contribution in [2.24, 2.45) is 5.84 Å². The summed E-state index contributed by atoms with van der Waals surface area (Å²) in [5.74, 6) is 5.70. The smallest absolute Gasteiger partial charge is 0.238 e. The highest BCUT2D eigenvalue weighted by Gasteiger charge is 2.10. The SMILES string of the molecule is Cc1cnc(NN)nc1Sc1nc(C)c(C)c(C)n1. The number of hydrogen-bond donors (Lipinski definition) is 2. The first-order valence-electron chi connectivity index (χ1n) is 5.81. The molecule has 0 amide bonds. The van der Waals surface area contributed by atoms with Crippen molar-refractivity contribution in [1.82, 2.24) is 19.9 Å². The van der Waals surface area contributed by atoms with Gasteiger partial charge in [0.1, 0.15) is 5.03 Å². The van der Waals surface area contributed by atoms with Crippen molar-refractivity contribution < 1.29 is 0 Å². The number of anilines is 1. The van der Waals surface area contributed by atoms with Crippen LogP contribution in [0.3, 0.4) is 0 Å². The molecule has 0 aliphatic rings. The number of nitrogens with two attached hydrogens (primary N) is 1. The minimum Gasteiger partial charge on any atom is -0.292 e. The van der Waals surface area contributed by atoms with E-state index in [-0.39, 0.29) is 0 Å². The summed E-state index contributed by atoms with van der Waals surface area (Å²) in [5, 5.41) is 1.48. The summed E-state index contributed by atoms with van der Waals surface area (Å²) < 4.78 is 0. The van der Waals surface area contributed by atoms with E-state index in [2.05, 4.69) is 25.4 Å². The molecule has 2 heterocycles. The second kappa shape index (κ2) is 5.50. The molecule has 3 N–H and O–H groups in total. The Balaban J connectivity index is 2.36. The highest BCUT2D eigenvalue weighted by Crippen LogP contribution is 2.27. The maximum absolute atomic E-state index is 5.31. The molecule has 100 valence electrons. The number of nitrogen functional groups attached to an aromatic ring is 1. The molecule has 0 fully saturated rings. The zero-order valence-corrected chi connectivity index (χ0v) is 12.2. The lowest BCUT2D eigenvalue weighted by Gasteiger charge is -2.08. The second-order valence-corrected chi connectivity index (χ2v) is 5.19. The maximum atomic E-state index is 5.31. The topological polar surface area (TPSA) is 89.6 Å². The molecule has 0 bridgehead atoms. The molecule has 0 atom stereocenters. The fourth-order valence-corrected chi connectivity index (χ4v) is 2.36. The van der Waals surface area contributed by atoms with Crippen LogP contribution in [0.5, 0.6) is 0 Å². The molecule has 0 aliphatic heterocycles. The molecule has 2 rings (SSSR count). The van der Waals surface area contributed by atoms with Crippen LogP contribution in [-0.2, 0) is 0 Å². The molecule has 2 aromatic heterocycles. The van der Waals surface area contributed by atoms with Crippen molar-refractivity contribution in [3.8, 4) is 0 Å². The van der Waals surface area contributed by atoms with Gasteiger partial charge in [0.2, 0.25) is 5.95 Å². The predicted octanol–water partition coefficient (Wildman–Crippen LogP) is 1.94. The average molecular weight is 276 g/mol. The highest BCUT2D eigenvalue weighted by atomic mass is 32.2. The van der Waals surface area contributed by atoms with Crippen molar-refractivity contribution in [3.63, 3.8) is 0 Å². The van der Waals surface area contributed by atoms with Crippen LogP contribution in [0.4, 0.5) is 5.95 Å². The van der Waals surface area contributed by atoms with Gasteiger partial charge in [0.25, 0.3) is 0 Å². The van der Waals surface area contributed by atoms with Crippen molar-refractivity contribution in [2.45, 2.75) is 37.9 Å². The lowest BCUT2D eigenvalue weighted by Crippen LogP contribution is -2.11. The van der Waals surface area contributed by atoms with E-state index in [0.29, 0.717) is 11.1 Å². The van der Waals surface area contributed by atoms with Crippen molar-refractivity contribution in [1.29, 1.82) is 0 Å². The van der Waals surface area contributed by atoms with Gasteiger partial charge >= 0.3 is 0 Å². The third-order valence-electron chi connectivity index (χ3n) is 2.85. The van der Waals surface area contributed by atoms with Gasteiger partial charge < -0.3 is 0 Å². The number of nitrogens with zero attached hydrogens (tertiary/aromatic N) is 4. The molecule has 0 unspecified atom stereocenters. The second-order valence-electron chi connectivity index (χ2n) is 4.23. The summed E-state index contributed by atoms with van der Waals surface area (Å²) in [5.41, 5.74) is 6.49. The van der Waals surface area contributed by atoms with Crippen LogP contribution in [0.1, 0.15) is 22.5 Å². The number of rotatable bonds is 3. The Morgan fingerprint density at radius 3 is 2.26 bits per heavy atom. The number of nitrogens with one attached hydrogen (secondary N) is 1. The lowest BCUT2D eigenvalue weighted by molar-refractivity contribution is 0.875. The molecular weight excluding hydrogens is 260 g/mol. The molecule has 6 nitrogen and oxygen atoms in total. The van der Waals surface area contributed by atoms with E-state index < -0.39 is 0 Å². The van der Waals surface area contributed by atoms with Crippen molar-refractivity contribution in [3.05, 3.63) is 28.7 Å². The van der Waals surface area contributed by atoms with Gasteiger partial charge in [-0.15, -0.1) is 0 Å². The third kappa shape index (κ3) is 2.99. The fourth-order valence-electron chi connectivity index (χ4n) is 1.47. The zero-order valence-electron chi connectivity index (χ0n) is 11.4. The maximum Gasteiger partial charge on any atom is 0.238 e. The predicted molar refractivity (Wildman–Crippen MR) is 74.9 cm³/mol. The summed E-state index contributed by atoms with van der Waals surface area (Å²) >= 11 is 1.41. The Hall–Kier alpha value is -1.73. The molecule has 7 heteroatoms. The Kier molecular flexibility index (Phi) is 3.96. The van der Waals surface area contributed by atoms with Crippen LogP contribution >= 0.6 is 11.8 Å². The van der Waals surface area contributed by atoms with E-state index in [1.807, 2.05) is 27.7 Å². The van der Waals surface area contributed by atoms with Crippen LogP contribution < -0.4 is 11.3 Å². The van der Waals surface area contributed by atoms with E-state index in [4.69, 9.17) is 5.84 Å². The molecule has 0 radical (unpaired) electrons. The largest absolute Gasteiger partial charge is 0.292 e. The van der Waals surface area contributed by atoms with Gasteiger partial charge in [0, 0.05) is 23.1 Å². The van der Waals surface area contributed by atoms with Crippen molar-refractivity contribution in [2.75, 3.05) is 5.43 Å². The monoisotopic (exact) mass is 276 g/mol. The van der Waals surface area contributed by atoms with Gasteiger partial charge in [-0.25, -0.2) is 25.8 Å². The summed E-state index contributed by atoms with van der Waals surface area (Å²) in [7, 11) is 0. The summed E-state index contributed by atoms with van der Waals surface area (Å²) in [4.78, 5) is 17.3. The molecule has 2 aromatic rings. The molecule has 0 aromatic carbocycles. The summed E-state index contributed by atoms with van der Waals surface area (Å²) in [6, 6.07) is 0. The summed E-state index contributed by atoms with van der Waals surface area (Å²) in [6.07, 6.45) is 1.72. The van der Waals surface area contributed by atoms with E-state index in [1.54, 1.807) is 6.20 Å². The Morgan fingerprint density at radius 1 is 1.05 bits per heavy atom. The van der Waals surface area contributed by atoms with Gasteiger partial charge in [-0.3, -0.25) is 5.43 Å². The average Bonchev–Trinajstić information content (AvgIpc) is 2.38. The van der Waals surface area contributed by atoms with E-state index in [1.165, 1.54) is 11.8 Å². The Labute approximate surface area is 116 Å². The molecule has 0 saturated carbocycles. The molecular formula is C12H16N6S. The zero-order chi connectivity index (χ0) is 14.0. The summed E-state index contributed by atoms with van der Waals surface area (Å²) in [6.45, 7) is 7.92. The number of aryl methyl sites for hydroxylation is 3. The highest BCUT2D eigenvalue weighted by molar-refractivity contribution is 7.99. The Bertz CT molecular complexity index is 590. The van der Waals surface area contributed by atoms with E-state index in [9.17, 15) is 0 Å².